The van der Waals surface area contributed by atoms with E-state index < -0.39 is 0 Å². The Morgan fingerprint density at radius 3 is 3.08 bits per heavy atom. The van der Waals surface area contributed by atoms with Gasteiger partial charge in [0.2, 0.25) is 5.89 Å². The number of urea groups is 1. The smallest absolute Gasteiger partial charge is 0.317 e. The lowest BCUT2D eigenvalue weighted by atomic mass is 10.1. The van der Waals surface area contributed by atoms with Crippen LogP contribution in [0.25, 0.3) is 0 Å². The maximum Gasteiger partial charge on any atom is 0.317 e. The number of nitrogens with one attached hydrogen (secondary N) is 1. The van der Waals surface area contributed by atoms with Gasteiger partial charge in [-0.15, -0.1) is 0 Å². The molecule has 1 saturated heterocycles. The summed E-state index contributed by atoms with van der Waals surface area (Å²) < 4.78 is 4.92. The van der Waals surface area contributed by atoms with Crippen LogP contribution in [0, 0.1) is 6.92 Å². The highest BCUT2D eigenvalue weighted by Gasteiger charge is 2.33. The van der Waals surface area contributed by atoms with Crippen LogP contribution in [0.4, 0.5) is 10.5 Å². The van der Waals surface area contributed by atoms with Gasteiger partial charge in [0.25, 0.3) is 0 Å². The maximum absolute atomic E-state index is 12.5. The molecule has 2 aromatic rings. The van der Waals surface area contributed by atoms with E-state index in [4.69, 9.17) is 4.52 Å². The Bertz CT molecular complexity index is 744. The van der Waals surface area contributed by atoms with Crippen molar-refractivity contribution >= 4 is 11.7 Å². The Balaban J connectivity index is 1.40. The Hall–Kier alpha value is -2.57. The van der Waals surface area contributed by atoms with Crippen molar-refractivity contribution in [2.75, 3.05) is 24.5 Å². The zero-order chi connectivity index (χ0) is 16.5. The first-order valence-electron chi connectivity index (χ1n) is 8.37. The predicted octanol–water partition coefficient (Wildman–Crippen LogP) is 1.72. The number of fused-ring (bicyclic) bond motifs is 3. The number of nitrogens with zero attached hydrogens (tertiary/aromatic N) is 4. The van der Waals surface area contributed by atoms with Gasteiger partial charge in [-0.25, -0.2) is 4.79 Å². The van der Waals surface area contributed by atoms with Crippen molar-refractivity contribution in [2.24, 2.45) is 0 Å². The lowest BCUT2D eigenvalue weighted by molar-refractivity contribution is 0.197. The van der Waals surface area contributed by atoms with Crippen molar-refractivity contribution < 1.29 is 9.32 Å². The topological polar surface area (TPSA) is 74.5 Å². The molecule has 0 bridgehead atoms. The molecule has 7 nitrogen and oxygen atoms in total. The van der Waals surface area contributed by atoms with Crippen LogP contribution in [0.3, 0.4) is 0 Å². The number of hydrogen-bond acceptors (Lipinski definition) is 5. The van der Waals surface area contributed by atoms with Crippen molar-refractivity contribution in [1.29, 1.82) is 0 Å². The summed E-state index contributed by atoms with van der Waals surface area (Å²) >= 11 is 0. The second-order valence-corrected chi connectivity index (χ2v) is 6.37. The maximum atomic E-state index is 12.5. The van der Waals surface area contributed by atoms with Crippen molar-refractivity contribution in [3.63, 3.8) is 0 Å². The summed E-state index contributed by atoms with van der Waals surface area (Å²) in [4.78, 5) is 21.0. The Morgan fingerprint density at radius 1 is 1.38 bits per heavy atom. The molecule has 0 spiro atoms. The number of para-hydroxylation sites is 1. The van der Waals surface area contributed by atoms with Gasteiger partial charge in [-0.2, -0.15) is 4.98 Å². The molecule has 2 aliphatic heterocycles. The average Bonchev–Trinajstić information content (AvgIpc) is 3.09. The van der Waals surface area contributed by atoms with E-state index in [1.807, 2.05) is 4.90 Å². The number of anilines is 1. The molecule has 4 rings (SSSR count). The minimum atomic E-state index is -0.0599. The number of carbonyl (C=O) groups excluding carboxylic acids is 1. The van der Waals surface area contributed by atoms with Crippen molar-refractivity contribution in [3.8, 4) is 0 Å². The summed E-state index contributed by atoms with van der Waals surface area (Å²) in [5.74, 6) is 1.01. The minimum Gasteiger partial charge on any atom is -0.366 e. The summed E-state index contributed by atoms with van der Waals surface area (Å²) in [6.45, 7) is 4.54. The molecule has 126 valence electrons. The SMILES string of the molecule is Cc1nc(CNC(=O)N2CCCN3c4ccccc4CC3C2)no1. The molecule has 1 unspecified atom stereocenters. The van der Waals surface area contributed by atoms with Crippen molar-refractivity contribution in [3.05, 3.63) is 41.5 Å². The predicted molar refractivity (Wildman–Crippen MR) is 88.7 cm³/mol. The van der Waals surface area contributed by atoms with E-state index in [-0.39, 0.29) is 6.03 Å². The lowest BCUT2D eigenvalue weighted by Crippen LogP contribution is -2.45. The zero-order valence-electron chi connectivity index (χ0n) is 13.7. The number of rotatable bonds is 2. The van der Waals surface area contributed by atoms with E-state index in [9.17, 15) is 4.79 Å². The molecule has 1 N–H and O–H groups in total. The highest BCUT2D eigenvalue weighted by atomic mass is 16.5. The third-order valence-electron chi connectivity index (χ3n) is 4.71. The number of aryl methyl sites for hydroxylation is 1. The Labute approximate surface area is 140 Å². The van der Waals surface area contributed by atoms with Crippen LogP contribution in [-0.2, 0) is 13.0 Å². The number of carbonyl (C=O) groups is 1. The van der Waals surface area contributed by atoms with Crippen LogP contribution in [0.5, 0.6) is 0 Å². The fourth-order valence-electron chi connectivity index (χ4n) is 3.63. The largest absolute Gasteiger partial charge is 0.366 e. The zero-order valence-corrected chi connectivity index (χ0v) is 13.7. The quantitative estimate of drug-likeness (QED) is 0.909. The summed E-state index contributed by atoms with van der Waals surface area (Å²) in [7, 11) is 0. The number of benzene rings is 1. The molecule has 1 aromatic heterocycles. The molecule has 3 heterocycles. The number of aromatic nitrogens is 2. The van der Waals surface area contributed by atoms with E-state index in [0.717, 1.165) is 32.5 Å². The molecule has 1 atom stereocenters. The van der Waals surface area contributed by atoms with Crippen LogP contribution in [0.2, 0.25) is 0 Å². The van der Waals surface area contributed by atoms with Gasteiger partial charge in [0.05, 0.1) is 12.6 Å². The molecule has 2 aliphatic rings. The normalized spacial score (nSPS) is 19.6. The second-order valence-electron chi connectivity index (χ2n) is 6.37. The molecule has 24 heavy (non-hydrogen) atoms. The van der Waals surface area contributed by atoms with E-state index >= 15 is 0 Å². The highest BCUT2D eigenvalue weighted by Crippen LogP contribution is 2.33. The van der Waals surface area contributed by atoms with E-state index in [1.54, 1.807) is 6.92 Å². The van der Waals surface area contributed by atoms with Crippen molar-refractivity contribution in [1.82, 2.24) is 20.4 Å². The van der Waals surface area contributed by atoms with Crippen LogP contribution in [0.15, 0.2) is 28.8 Å². The fourth-order valence-corrected chi connectivity index (χ4v) is 3.63. The lowest BCUT2D eigenvalue weighted by Gasteiger charge is -2.27. The van der Waals surface area contributed by atoms with Gasteiger partial charge in [0, 0.05) is 32.2 Å². The van der Waals surface area contributed by atoms with Crippen molar-refractivity contribution in [2.45, 2.75) is 32.4 Å². The van der Waals surface area contributed by atoms with E-state index in [0.29, 0.717) is 24.3 Å². The number of hydrogen-bond donors (Lipinski definition) is 1. The second kappa shape index (κ2) is 6.14. The van der Waals surface area contributed by atoms with Gasteiger partial charge < -0.3 is 19.6 Å². The first kappa shape index (κ1) is 15.0. The summed E-state index contributed by atoms with van der Waals surface area (Å²) in [6, 6.07) is 8.85. The van der Waals surface area contributed by atoms with Crippen LogP contribution < -0.4 is 10.2 Å². The molecular formula is C17H21N5O2. The van der Waals surface area contributed by atoms with Gasteiger partial charge in [-0.1, -0.05) is 23.4 Å². The first-order chi connectivity index (χ1) is 11.7. The molecule has 1 aromatic carbocycles. The molecule has 7 heteroatoms. The Morgan fingerprint density at radius 2 is 2.25 bits per heavy atom. The van der Waals surface area contributed by atoms with Gasteiger partial charge in [-0.3, -0.25) is 0 Å². The molecule has 0 saturated carbocycles. The minimum absolute atomic E-state index is 0.0599. The molecule has 0 radical (unpaired) electrons. The summed E-state index contributed by atoms with van der Waals surface area (Å²) in [6.07, 6.45) is 1.98. The third kappa shape index (κ3) is 2.81. The highest BCUT2D eigenvalue weighted by molar-refractivity contribution is 5.74. The summed E-state index contributed by atoms with van der Waals surface area (Å²) in [5.41, 5.74) is 2.71. The van der Waals surface area contributed by atoms with E-state index in [2.05, 4.69) is 44.6 Å². The van der Waals surface area contributed by atoms with Crippen LogP contribution in [0.1, 0.15) is 23.7 Å². The standard InChI is InChI=1S/C17H21N5O2/c1-12-19-16(20-24-12)10-18-17(23)21-7-4-8-22-14(11-21)9-13-5-2-3-6-15(13)22/h2-3,5-6,14H,4,7-11H2,1H3,(H,18,23). The van der Waals surface area contributed by atoms with E-state index in [1.165, 1.54) is 11.3 Å². The average molecular weight is 327 g/mol. The third-order valence-corrected chi connectivity index (χ3v) is 4.71. The molecule has 1 fully saturated rings. The van der Waals surface area contributed by atoms with Crippen LogP contribution in [-0.4, -0.2) is 46.7 Å². The number of amides is 2. The van der Waals surface area contributed by atoms with Crippen LogP contribution >= 0.6 is 0 Å². The summed E-state index contributed by atoms with van der Waals surface area (Å²) in [5, 5.41) is 6.70. The molecule has 2 amide bonds. The fraction of sp³-hybridized carbons (Fsp3) is 0.471. The van der Waals surface area contributed by atoms with Gasteiger partial charge >= 0.3 is 6.03 Å². The van der Waals surface area contributed by atoms with Gasteiger partial charge in [-0.05, 0) is 24.5 Å². The van der Waals surface area contributed by atoms with Gasteiger partial charge in [0.1, 0.15) is 0 Å². The van der Waals surface area contributed by atoms with Gasteiger partial charge in [0.15, 0.2) is 5.82 Å². The Kier molecular flexibility index (Phi) is 3.84. The monoisotopic (exact) mass is 327 g/mol. The first-order valence-corrected chi connectivity index (χ1v) is 8.37. The molecular weight excluding hydrogens is 306 g/mol. The molecule has 0 aliphatic carbocycles.